The van der Waals surface area contributed by atoms with Crippen LogP contribution >= 0.6 is 0 Å². The minimum Gasteiger partial charge on any atom is -1.00 e. The minimum absolute atomic E-state index is 0. The Kier molecular flexibility index (Phi) is 4.20. The highest BCUT2D eigenvalue weighted by Crippen LogP contribution is 2.25. The van der Waals surface area contributed by atoms with Gasteiger partial charge in [-0.15, -0.1) is 4.99 Å². The highest BCUT2D eigenvalue weighted by atomic mass is 127. The first-order valence-corrected chi connectivity index (χ1v) is 6.73. The third-order valence-corrected chi connectivity index (χ3v) is 3.44. The Hall–Kier alpha value is -2.21. The fourth-order valence-corrected chi connectivity index (χ4v) is 2.41. The van der Waals surface area contributed by atoms with Crippen LogP contribution in [0.3, 0.4) is 0 Å². The number of benzene rings is 2. The molecule has 0 bridgehead atoms. The molecule has 0 saturated carbocycles. The van der Waals surface area contributed by atoms with E-state index in [9.17, 15) is 0 Å². The van der Waals surface area contributed by atoms with Crippen molar-refractivity contribution in [3.05, 3.63) is 78.7 Å². The average molecular weight is 401 g/mol. The normalized spacial score (nSPS) is 11.5. The van der Waals surface area contributed by atoms with E-state index in [1.54, 1.807) is 12.5 Å². The molecule has 22 heavy (non-hydrogen) atoms. The summed E-state index contributed by atoms with van der Waals surface area (Å²) in [6.07, 6.45) is 3.29. The van der Waals surface area contributed by atoms with Crippen molar-refractivity contribution in [1.29, 1.82) is 0 Å². The first-order valence-electron chi connectivity index (χ1n) is 6.73. The molecule has 0 N–H and O–H groups in total. The first kappa shape index (κ1) is 14.7. The van der Waals surface area contributed by atoms with Crippen LogP contribution in [-0.4, -0.2) is 0 Å². The van der Waals surface area contributed by atoms with Gasteiger partial charge in [0.25, 0.3) is 0 Å². The van der Waals surface area contributed by atoms with E-state index < -0.39 is 0 Å². The Bertz CT molecular complexity index is 997. The molecular weight excluding hydrogens is 389 g/mol. The van der Waals surface area contributed by atoms with E-state index in [4.69, 9.17) is 8.83 Å². The lowest BCUT2D eigenvalue weighted by molar-refractivity contribution is -0.00000505. The molecule has 0 aliphatic rings. The van der Waals surface area contributed by atoms with Gasteiger partial charge in [0.05, 0.1) is 6.26 Å². The quantitative estimate of drug-likeness (QED) is 0.360. The van der Waals surface area contributed by atoms with E-state index in [1.807, 2.05) is 60.7 Å². The Labute approximate surface area is 144 Å². The average Bonchev–Trinajstić information content (AvgIpc) is 2.56. The molecule has 2 aromatic heterocycles. The SMILES string of the molecule is [I-].c1ccc2c(/N=c3\occc4ccccc34)[o+]ccc2c1. The minimum atomic E-state index is 0. The second kappa shape index (κ2) is 6.27. The number of rotatable bonds is 1. The molecule has 0 fully saturated rings. The van der Waals surface area contributed by atoms with Crippen LogP contribution in [0.1, 0.15) is 0 Å². The van der Waals surface area contributed by atoms with Gasteiger partial charge in [-0.3, -0.25) is 0 Å². The Morgan fingerprint density at radius 3 is 2.27 bits per heavy atom. The third-order valence-electron chi connectivity index (χ3n) is 3.44. The highest BCUT2D eigenvalue weighted by Gasteiger charge is 2.12. The molecule has 0 aliphatic heterocycles. The van der Waals surface area contributed by atoms with Crippen molar-refractivity contribution in [2.45, 2.75) is 0 Å². The summed E-state index contributed by atoms with van der Waals surface area (Å²) in [5.41, 5.74) is 0.549. The summed E-state index contributed by atoms with van der Waals surface area (Å²) >= 11 is 0. The molecule has 0 atom stereocenters. The fraction of sp³-hybridized carbons (Fsp3) is 0. The summed E-state index contributed by atoms with van der Waals surface area (Å²) in [6.45, 7) is 0. The zero-order valence-electron chi connectivity index (χ0n) is 11.6. The lowest BCUT2D eigenvalue weighted by Gasteiger charge is -1.95. The maximum absolute atomic E-state index is 5.57. The van der Waals surface area contributed by atoms with Crippen LogP contribution in [0.15, 0.2) is 87.0 Å². The molecule has 3 nitrogen and oxygen atoms in total. The van der Waals surface area contributed by atoms with Crippen LogP contribution in [0.4, 0.5) is 5.88 Å². The number of hydrogen-bond donors (Lipinski definition) is 0. The first-order chi connectivity index (χ1) is 10.4. The monoisotopic (exact) mass is 401 g/mol. The van der Waals surface area contributed by atoms with Crippen molar-refractivity contribution in [3.8, 4) is 0 Å². The number of hydrogen-bond acceptors (Lipinski definition) is 2. The molecule has 2 heterocycles. The second-order valence-corrected chi connectivity index (χ2v) is 4.74. The Morgan fingerprint density at radius 2 is 1.45 bits per heavy atom. The number of nitrogens with zero attached hydrogens (tertiary/aromatic N) is 1. The Morgan fingerprint density at radius 1 is 0.773 bits per heavy atom. The highest BCUT2D eigenvalue weighted by molar-refractivity contribution is 5.89. The zero-order valence-corrected chi connectivity index (χ0v) is 13.7. The molecule has 0 spiro atoms. The van der Waals surface area contributed by atoms with Gasteiger partial charge in [0.2, 0.25) is 5.55 Å². The summed E-state index contributed by atoms with van der Waals surface area (Å²) < 4.78 is 11.1. The topological polar surface area (TPSA) is 36.8 Å². The number of halogens is 1. The van der Waals surface area contributed by atoms with Crippen LogP contribution < -0.4 is 29.5 Å². The summed E-state index contributed by atoms with van der Waals surface area (Å²) in [5.74, 6) is 0.549. The Balaban J connectivity index is 0.00000144. The molecular formula is C18H12INO2. The van der Waals surface area contributed by atoms with Crippen molar-refractivity contribution >= 4 is 27.4 Å². The van der Waals surface area contributed by atoms with Gasteiger partial charge in [-0.2, -0.15) is 4.42 Å². The summed E-state index contributed by atoms with van der Waals surface area (Å²) in [4.78, 5) is 4.56. The van der Waals surface area contributed by atoms with Gasteiger partial charge >= 0.3 is 12.1 Å². The van der Waals surface area contributed by atoms with Crippen molar-refractivity contribution in [2.75, 3.05) is 0 Å². The van der Waals surface area contributed by atoms with Crippen molar-refractivity contribution in [3.63, 3.8) is 0 Å². The van der Waals surface area contributed by atoms with Gasteiger partial charge in [0, 0.05) is 16.8 Å². The molecule has 4 heteroatoms. The summed E-state index contributed by atoms with van der Waals surface area (Å²) in [6, 6.07) is 19.8. The molecule has 0 unspecified atom stereocenters. The molecule has 0 radical (unpaired) electrons. The van der Waals surface area contributed by atoms with Gasteiger partial charge in [-0.25, -0.2) is 0 Å². The van der Waals surface area contributed by atoms with E-state index >= 15 is 0 Å². The molecule has 0 amide bonds. The third kappa shape index (κ3) is 2.62. The molecule has 108 valence electrons. The number of fused-ring (bicyclic) bond motifs is 2. The van der Waals surface area contributed by atoms with Crippen LogP contribution in [0.25, 0.3) is 21.5 Å². The van der Waals surface area contributed by atoms with Crippen molar-refractivity contribution in [2.24, 2.45) is 4.99 Å². The van der Waals surface area contributed by atoms with E-state index in [0.717, 1.165) is 21.5 Å². The molecule has 2 aromatic carbocycles. The van der Waals surface area contributed by atoms with Crippen LogP contribution in [-0.2, 0) is 0 Å². The maximum atomic E-state index is 5.57. The lowest BCUT2D eigenvalue weighted by Crippen LogP contribution is -3.00. The molecule has 4 aromatic rings. The van der Waals surface area contributed by atoms with Gasteiger partial charge < -0.3 is 28.4 Å². The smallest absolute Gasteiger partial charge is 0.463 e. The van der Waals surface area contributed by atoms with E-state index in [-0.39, 0.29) is 24.0 Å². The van der Waals surface area contributed by atoms with Crippen LogP contribution in [0.5, 0.6) is 0 Å². The maximum Gasteiger partial charge on any atom is 0.463 e. The van der Waals surface area contributed by atoms with Gasteiger partial charge in [-0.05, 0) is 23.6 Å². The van der Waals surface area contributed by atoms with E-state index in [1.165, 1.54) is 0 Å². The largest absolute Gasteiger partial charge is 1.00 e. The summed E-state index contributed by atoms with van der Waals surface area (Å²) in [5, 5.41) is 4.09. The van der Waals surface area contributed by atoms with Crippen LogP contribution in [0.2, 0.25) is 0 Å². The molecule has 4 rings (SSSR count). The predicted molar refractivity (Wildman–Crippen MR) is 82.1 cm³/mol. The van der Waals surface area contributed by atoms with Gasteiger partial charge in [0.1, 0.15) is 5.39 Å². The molecule has 0 saturated heterocycles. The van der Waals surface area contributed by atoms with Gasteiger partial charge in [-0.1, -0.05) is 36.4 Å². The zero-order chi connectivity index (χ0) is 14.1. The lowest BCUT2D eigenvalue weighted by atomic mass is 10.2. The van der Waals surface area contributed by atoms with E-state index in [2.05, 4.69) is 4.99 Å². The summed E-state index contributed by atoms with van der Waals surface area (Å²) in [7, 11) is 0. The fourth-order valence-electron chi connectivity index (χ4n) is 2.41. The second-order valence-electron chi connectivity index (χ2n) is 4.74. The van der Waals surface area contributed by atoms with Crippen molar-refractivity contribution < 1.29 is 32.8 Å². The standard InChI is InChI=1S/C18H12NO2.HI/c1-3-7-15-13(5-1)9-11-20-17(15)19-18-16-8-4-2-6-14(16)10-12-21-18;/h1-12H;1H/q+1;/p-1. The van der Waals surface area contributed by atoms with Gasteiger partial charge in [0.15, 0.2) is 0 Å². The molecule has 0 aliphatic carbocycles. The van der Waals surface area contributed by atoms with Crippen molar-refractivity contribution in [1.82, 2.24) is 0 Å². The van der Waals surface area contributed by atoms with E-state index in [0.29, 0.717) is 11.4 Å². The van der Waals surface area contributed by atoms with Crippen LogP contribution in [0, 0.1) is 0 Å². The predicted octanol–water partition coefficient (Wildman–Crippen LogP) is 1.70.